The molecule has 0 heterocycles. The third-order valence-electron chi connectivity index (χ3n) is 3.46. The van der Waals surface area contributed by atoms with Crippen molar-refractivity contribution in [2.24, 2.45) is 5.92 Å². The maximum atomic E-state index is 12.2. The van der Waals surface area contributed by atoms with E-state index < -0.39 is 0 Å². The number of nitrogens with one attached hydrogen (secondary N) is 1. The van der Waals surface area contributed by atoms with Crippen LogP contribution in [0.1, 0.15) is 30.6 Å². The van der Waals surface area contributed by atoms with E-state index in [0.29, 0.717) is 13.0 Å². The molecule has 0 spiro atoms. The molecule has 0 bridgehead atoms. The molecule has 0 fully saturated rings. The van der Waals surface area contributed by atoms with Gasteiger partial charge in [0.25, 0.3) is 5.91 Å². The summed E-state index contributed by atoms with van der Waals surface area (Å²) in [5.41, 5.74) is 0.276. The normalized spacial score (nSPS) is 13.9. The van der Waals surface area contributed by atoms with Crippen LogP contribution in [0.4, 0.5) is 0 Å². The SMILES string of the molecule is CC(O)CC(C)CNC(=O)c1cc2ccccc2cc1O. The van der Waals surface area contributed by atoms with Gasteiger partial charge >= 0.3 is 0 Å². The fourth-order valence-corrected chi connectivity index (χ4v) is 2.44. The van der Waals surface area contributed by atoms with Crippen LogP contribution in [0, 0.1) is 5.92 Å². The highest BCUT2D eigenvalue weighted by molar-refractivity contribution is 6.01. The number of carbonyl (C=O) groups is 1. The number of aliphatic hydroxyl groups is 1. The second-order valence-corrected chi connectivity index (χ2v) is 5.62. The number of rotatable bonds is 5. The average molecular weight is 287 g/mol. The average Bonchev–Trinajstić information content (AvgIpc) is 2.43. The summed E-state index contributed by atoms with van der Waals surface area (Å²) in [7, 11) is 0. The molecule has 0 saturated carbocycles. The first-order valence-corrected chi connectivity index (χ1v) is 7.15. The molecule has 0 aromatic heterocycles. The fraction of sp³-hybridized carbons (Fsp3) is 0.353. The highest BCUT2D eigenvalue weighted by Gasteiger charge is 2.14. The Hall–Kier alpha value is -2.07. The van der Waals surface area contributed by atoms with Crippen molar-refractivity contribution in [2.45, 2.75) is 26.4 Å². The molecule has 2 rings (SSSR count). The lowest BCUT2D eigenvalue weighted by molar-refractivity contribution is 0.0937. The highest BCUT2D eigenvalue weighted by Crippen LogP contribution is 2.24. The minimum Gasteiger partial charge on any atom is -0.507 e. The van der Waals surface area contributed by atoms with Crippen LogP contribution in [-0.4, -0.2) is 28.8 Å². The molecular weight excluding hydrogens is 266 g/mol. The molecule has 1 amide bonds. The molecular formula is C17H21NO3. The molecule has 3 N–H and O–H groups in total. The lowest BCUT2D eigenvalue weighted by Crippen LogP contribution is -2.29. The van der Waals surface area contributed by atoms with E-state index in [1.807, 2.05) is 31.2 Å². The van der Waals surface area contributed by atoms with E-state index in [1.54, 1.807) is 19.1 Å². The largest absolute Gasteiger partial charge is 0.507 e. The minimum atomic E-state index is -0.383. The number of aromatic hydroxyl groups is 1. The number of amides is 1. The van der Waals surface area contributed by atoms with Crippen molar-refractivity contribution in [3.63, 3.8) is 0 Å². The number of phenolic OH excluding ortho intramolecular Hbond substituents is 1. The van der Waals surface area contributed by atoms with Gasteiger partial charge in [0.15, 0.2) is 0 Å². The van der Waals surface area contributed by atoms with Gasteiger partial charge in [0.05, 0.1) is 11.7 Å². The molecule has 2 unspecified atom stereocenters. The summed E-state index contributed by atoms with van der Waals surface area (Å²) in [5, 5.41) is 23.9. The summed E-state index contributed by atoms with van der Waals surface area (Å²) in [5.74, 6) is -0.137. The van der Waals surface area contributed by atoms with Gasteiger partial charge in [-0.05, 0) is 42.2 Å². The van der Waals surface area contributed by atoms with Crippen LogP contribution in [0.25, 0.3) is 10.8 Å². The molecule has 4 nitrogen and oxygen atoms in total. The predicted octanol–water partition coefficient (Wildman–Crippen LogP) is 2.68. The number of benzene rings is 2. The lowest BCUT2D eigenvalue weighted by Gasteiger charge is -2.14. The van der Waals surface area contributed by atoms with E-state index in [0.717, 1.165) is 10.8 Å². The third-order valence-corrected chi connectivity index (χ3v) is 3.46. The number of carbonyl (C=O) groups excluding carboxylic acids is 1. The summed E-state index contributed by atoms with van der Waals surface area (Å²) in [6, 6.07) is 10.9. The van der Waals surface area contributed by atoms with Gasteiger partial charge < -0.3 is 15.5 Å². The first-order chi connectivity index (χ1) is 9.97. The summed E-state index contributed by atoms with van der Waals surface area (Å²) in [4.78, 5) is 12.2. The smallest absolute Gasteiger partial charge is 0.255 e. The van der Waals surface area contributed by atoms with Gasteiger partial charge in [0, 0.05) is 6.54 Å². The van der Waals surface area contributed by atoms with E-state index in [-0.39, 0.29) is 29.2 Å². The molecule has 112 valence electrons. The standard InChI is InChI=1S/C17H21NO3/c1-11(7-12(2)19)10-18-17(21)15-8-13-5-3-4-6-14(13)9-16(15)20/h3-6,8-9,11-12,19-20H,7,10H2,1-2H3,(H,18,21). The maximum Gasteiger partial charge on any atom is 0.255 e. The number of hydrogen-bond acceptors (Lipinski definition) is 3. The summed E-state index contributed by atoms with van der Waals surface area (Å²) in [6.45, 7) is 4.16. The Labute approximate surface area is 124 Å². The molecule has 0 aliphatic rings. The Kier molecular flexibility index (Phi) is 4.81. The molecule has 0 radical (unpaired) electrons. The van der Waals surface area contributed by atoms with Crippen molar-refractivity contribution in [2.75, 3.05) is 6.54 Å². The Morgan fingerprint density at radius 3 is 2.43 bits per heavy atom. The van der Waals surface area contributed by atoms with E-state index >= 15 is 0 Å². The van der Waals surface area contributed by atoms with Crippen LogP contribution >= 0.6 is 0 Å². The van der Waals surface area contributed by atoms with Gasteiger partial charge in [0.1, 0.15) is 5.75 Å². The van der Waals surface area contributed by atoms with Gasteiger partial charge in [-0.25, -0.2) is 0 Å². The van der Waals surface area contributed by atoms with Crippen molar-refractivity contribution in [1.29, 1.82) is 0 Å². The van der Waals surface area contributed by atoms with Crippen LogP contribution in [0.15, 0.2) is 36.4 Å². The highest BCUT2D eigenvalue weighted by atomic mass is 16.3. The summed E-state index contributed by atoms with van der Waals surface area (Å²) in [6.07, 6.45) is 0.246. The van der Waals surface area contributed by atoms with E-state index in [2.05, 4.69) is 5.32 Å². The molecule has 2 aromatic carbocycles. The molecule has 2 atom stereocenters. The first kappa shape index (κ1) is 15.3. The quantitative estimate of drug-likeness (QED) is 0.792. The Bertz CT molecular complexity index is 637. The van der Waals surface area contributed by atoms with Crippen LogP contribution in [0.2, 0.25) is 0 Å². The van der Waals surface area contributed by atoms with Gasteiger partial charge in [-0.1, -0.05) is 31.2 Å². The predicted molar refractivity (Wildman–Crippen MR) is 83.4 cm³/mol. The van der Waals surface area contributed by atoms with E-state index in [1.165, 1.54) is 0 Å². The van der Waals surface area contributed by atoms with Gasteiger partial charge in [-0.3, -0.25) is 4.79 Å². The van der Waals surface area contributed by atoms with Gasteiger partial charge in [-0.2, -0.15) is 0 Å². The van der Waals surface area contributed by atoms with Crippen LogP contribution in [0.5, 0.6) is 5.75 Å². The van der Waals surface area contributed by atoms with Crippen molar-refractivity contribution in [3.8, 4) is 5.75 Å². The molecule has 0 saturated heterocycles. The third kappa shape index (κ3) is 3.95. The number of phenols is 1. The summed E-state index contributed by atoms with van der Waals surface area (Å²) < 4.78 is 0. The van der Waals surface area contributed by atoms with Crippen LogP contribution in [-0.2, 0) is 0 Å². The first-order valence-electron chi connectivity index (χ1n) is 7.15. The zero-order chi connectivity index (χ0) is 15.4. The Morgan fingerprint density at radius 2 is 1.81 bits per heavy atom. The maximum absolute atomic E-state index is 12.2. The van der Waals surface area contributed by atoms with E-state index in [9.17, 15) is 15.0 Å². The second-order valence-electron chi connectivity index (χ2n) is 5.62. The number of hydrogen-bond donors (Lipinski definition) is 3. The topological polar surface area (TPSA) is 69.6 Å². The number of fused-ring (bicyclic) bond motifs is 1. The summed E-state index contributed by atoms with van der Waals surface area (Å²) >= 11 is 0. The molecule has 2 aromatic rings. The van der Waals surface area contributed by atoms with Gasteiger partial charge in [-0.15, -0.1) is 0 Å². The van der Waals surface area contributed by atoms with Crippen molar-refractivity contribution in [3.05, 3.63) is 42.0 Å². The van der Waals surface area contributed by atoms with Crippen molar-refractivity contribution < 1.29 is 15.0 Å². The Balaban J connectivity index is 2.10. The monoisotopic (exact) mass is 287 g/mol. The Morgan fingerprint density at radius 1 is 1.19 bits per heavy atom. The molecule has 21 heavy (non-hydrogen) atoms. The molecule has 0 aliphatic heterocycles. The van der Waals surface area contributed by atoms with Crippen molar-refractivity contribution >= 4 is 16.7 Å². The zero-order valence-corrected chi connectivity index (χ0v) is 12.3. The van der Waals surface area contributed by atoms with Crippen LogP contribution < -0.4 is 5.32 Å². The molecule has 4 heteroatoms. The molecule has 0 aliphatic carbocycles. The lowest BCUT2D eigenvalue weighted by atomic mass is 10.0. The number of aliphatic hydroxyl groups excluding tert-OH is 1. The second kappa shape index (κ2) is 6.59. The van der Waals surface area contributed by atoms with Crippen molar-refractivity contribution in [1.82, 2.24) is 5.32 Å². The van der Waals surface area contributed by atoms with Gasteiger partial charge in [0.2, 0.25) is 0 Å². The zero-order valence-electron chi connectivity index (χ0n) is 12.3. The van der Waals surface area contributed by atoms with Crippen LogP contribution in [0.3, 0.4) is 0 Å². The fourth-order valence-electron chi connectivity index (χ4n) is 2.44. The van der Waals surface area contributed by atoms with E-state index in [4.69, 9.17) is 0 Å². The minimum absolute atomic E-state index is 0.0191.